The molecule has 0 spiro atoms. The maximum Gasteiger partial charge on any atom is 0.405 e. The molecule has 1 aromatic carbocycles. The number of pyridine rings is 1. The zero-order chi connectivity index (χ0) is 21.0. The third-order valence-corrected chi connectivity index (χ3v) is 4.18. The molecule has 3 N–H and O–H groups in total. The van der Waals surface area contributed by atoms with Gasteiger partial charge in [0.15, 0.2) is 0 Å². The Morgan fingerprint density at radius 3 is 2.76 bits per heavy atom. The number of imidazole rings is 1. The minimum Gasteiger partial charge on any atom is -0.329 e. The number of amides is 2. The number of nitrogens with zero attached hydrogens (tertiary/aromatic N) is 2. The zero-order valence-electron chi connectivity index (χ0n) is 15.4. The number of anilines is 1. The first kappa shape index (κ1) is 20.1. The fraction of sp³-hybridized carbons (Fsp3) is 0.150. The number of alkyl halides is 3. The number of hydrogen-bond donors (Lipinski definition) is 3. The molecule has 0 atom stereocenters. The first-order chi connectivity index (χ1) is 13.8. The summed E-state index contributed by atoms with van der Waals surface area (Å²) in [6.07, 6.45) is 2.13. The van der Waals surface area contributed by atoms with Gasteiger partial charge in [-0.05, 0) is 42.3 Å². The van der Waals surface area contributed by atoms with Crippen molar-refractivity contribution in [3.63, 3.8) is 0 Å². The largest absolute Gasteiger partial charge is 0.405 e. The van der Waals surface area contributed by atoms with Crippen LogP contribution in [0.1, 0.15) is 12.5 Å². The molecule has 9 heteroatoms. The van der Waals surface area contributed by atoms with Crippen molar-refractivity contribution < 1.29 is 18.0 Å². The number of fused-ring (bicyclic) bond motifs is 1. The van der Waals surface area contributed by atoms with Gasteiger partial charge >= 0.3 is 12.2 Å². The lowest BCUT2D eigenvalue weighted by Gasteiger charge is -2.11. The van der Waals surface area contributed by atoms with Gasteiger partial charge in [-0.2, -0.15) is 13.2 Å². The third kappa shape index (κ3) is 4.81. The Morgan fingerprint density at radius 2 is 2.07 bits per heavy atom. The highest BCUT2D eigenvalue weighted by Gasteiger charge is 2.27. The fourth-order valence-corrected chi connectivity index (χ4v) is 2.82. The second-order valence-corrected chi connectivity index (χ2v) is 6.18. The molecule has 3 aromatic rings. The van der Waals surface area contributed by atoms with E-state index in [1.165, 1.54) is 6.21 Å². The van der Waals surface area contributed by atoms with Gasteiger partial charge < -0.3 is 16.0 Å². The average Bonchev–Trinajstić information content (AvgIpc) is 3.10. The van der Waals surface area contributed by atoms with Crippen LogP contribution in [-0.4, -0.2) is 34.4 Å². The van der Waals surface area contributed by atoms with E-state index in [2.05, 4.69) is 10.3 Å². The number of halogens is 3. The summed E-state index contributed by atoms with van der Waals surface area (Å²) < 4.78 is 38.5. The smallest absolute Gasteiger partial charge is 0.329 e. The minimum absolute atomic E-state index is 0.355. The lowest BCUT2D eigenvalue weighted by molar-refractivity contribution is -0.122. The molecule has 29 heavy (non-hydrogen) atoms. The van der Waals surface area contributed by atoms with Crippen LogP contribution in [0.25, 0.3) is 22.5 Å². The molecule has 0 bridgehead atoms. The van der Waals surface area contributed by atoms with E-state index in [0.29, 0.717) is 11.3 Å². The lowest BCUT2D eigenvalue weighted by Crippen LogP contribution is -2.36. The molecule has 150 valence electrons. The molecule has 0 aliphatic heterocycles. The van der Waals surface area contributed by atoms with E-state index < -0.39 is 18.8 Å². The summed E-state index contributed by atoms with van der Waals surface area (Å²) in [5.74, 6) is 0. The van der Waals surface area contributed by atoms with Gasteiger partial charge in [-0.1, -0.05) is 18.2 Å². The number of nitrogens with one attached hydrogen (secondary N) is 3. The van der Waals surface area contributed by atoms with Gasteiger partial charge in [0.25, 0.3) is 0 Å². The number of benzene rings is 1. The summed E-state index contributed by atoms with van der Waals surface area (Å²) in [7, 11) is 0. The van der Waals surface area contributed by atoms with Crippen LogP contribution in [0.4, 0.5) is 23.7 Å². The minimum atomic E-state index is -4.47. The number of hydrogen-bond acceptors (Lipinski definition) is 3. The Morgan fingerprint density at radius 1 is 1.28 bits per heavy atom. The van der Waals surface area contributed by atoms with Gasteiger partial charge in [0.05, 0.1) is 11.9 Å². The third-order valence-electron chi connectivity index (χ3n) is 4.18. The van der Waals surface area contributed by atoms with Gasteiger partial charge in [-0.3, -0.25) is 4.40 Å². The average molecular weight is 401 g/mol. The molecule has 2 amide bonds. The Bertz CT molecular complexity index is 1090. The van der Waals surface area contributed by atoms with Crippen molar-refractivity contribution >= 4 is 29.2 Å². The van der Waals surface area contributed by atoms with E-state index in [1.54, 1.807) is 29.7 Å². The SMILES string of the molecule is C/C=C(\C=N)c1ccn2c(-c3cccc(NC(=O)NCC(F)(F)F)c3)cnc2c1. The molecule has 0 aliphatic rings. The highest BCUT2D eigenvalue weighted by atomic mass is 19.4. The number of carbonyl (C=O) groups excluding carboxylic acids is 1. The standard InChI is InChI=1S/C20H18F3N5O/c1-2-13(10-24)14-6-7-28-17(11-25-18(28)9-14)15-4-3-5-16(8-15)27-19(29)26-12-20(21,22)23/h2-11,24H,12H2,1H3,(H2,26,27,29)/b13-2+,24-10?. The number of urea groups is 1. The van der Waals surface area contributed by atoms with Gasteiger partial charge in [-0.25, -0.2) is 9.78 Å². The summed E-state index contributed by atoms with van der Waals surface area (Å²) in [5.41, 5.74) is 4.16. The van der Waals surface area contributed by atoms with Gasteiger partial charge in [0.2, 0.25) is 0 Å². The summed E-state index contributed by atoms with van der Waals surface area (Å²) in [6.45, 7) is 0.447. The molecular weight excluding hydrogens is 383 g/mol. The molecule has 0 unspecified atom stereocenters. The van der Waals surface area contributed by atoms with Crippen LogP contribution >= 0.6 is 0 Å². The quantitative estimate of drug-likeness (QED) is 0.540. The van der Waals surface area contributed by atoms with Crippen molar-refractivity contribution in [2.24, 2.45) is 0 Å². The Hall–Kier alpha value is -3.62. The first-order valence-corrected chi connectivity index (χ1v) is 8.67. The number of rotatable bonds is 5. The predicted molar refractivity (Wildman–Crippen MR) is 106 cm³/mol. The summed E-state index contributed by atoms with van der Waals surface area (Å²) >= 11 is 0. The van der Waals surface area contributed by atoms with Crippen molar-refractivity contribution in [1.82, 2.24) is 14.7 Å². The highest BCUT2D eigenvalue weighted by Crippen LogP contribution is 2.25. The summed E-state index contributed by atoms with van der Waals surface area (Å²) in [4.78, 5) is 16.1. The highest BCUT2D eigenvalue weighted by molar-refractivity contribution is 6.08. The van der Waals surface area contributed by atoms with E-state index in [0.717, 1.165) is 22.4 Å². The second kappa shape index (κ2) is 8.17. The maximum absolute atomic E-state index is 12.2. The van der Waals surface area contributed by atoms with Crippen molar-refractivity contribution in [3.8, 4) is 11.3 Å². The van der Waals surface area contributed by atoms with Gasteiger partial charge in [-0.15, -0.1) is 0 Å². The molecule has 2 heterocycles. The topological polar surface area (TPSA) is 82.3 Å². The summed E-state index contributed by atoms with van der Waals surface area (Å²) in [5, 5.41) is 11.6. The van der Waals surface area contributed by atoms with Crippen LogP contribution in [-0.2, 0) is 0 Å². The van der Waals surface area contributed by atoms with Crippen molar-refractivity contribution in [3.05, 3.63) is 60.4 Å². The summed E-state index contributed by atoms with van der Waals surface area (Å²) in [6, 6.07) is 9.52. The van der Waals surface area contributed by atoms with Crippen LogP contribution in [0.15, 0.2) is 54.9 Å². The van der Waals surface area contributed by atoms with Crippen LogP contribution < -0.4 is 10.6 Å². The number of aromatic nitrogens is 2. The van der Waals surface area contributed by atoms with Crippen molar-refractivity contribution in [2.75, 3.05) is 11.9 Å². The first-order valence-electron chi connectivity index (χ1n) is 8.67. The molecule has 6 nitrogen and oxygen atoms in total. The van der Waals surface area contributed by atoms with Crippen LogP contribution in [0.3, 0.4) is 0 Å². The predicted octanol–water partition coefficient (Wildman–Crippen LogP) is 4.74. The molecule has 0 saturated heterocycles. The molecular formula is C20H18F3N5O. The number of carbonyl (C=O) groups is 1. The zero-order valence-corrected chi connectivity index (χ0v) is 15.4. The number of allylic oxidation sites excluding steroid dienone is 2. The van der Waals surface area contributed by atoms with Crippen LogP contribution in [0.2, 0.25) is 0 Å². The molecule has 3 rings (SSSR count). The van der Waals surface area contributed by atoms with E-state index in [-0.39, 0.29) is 0 Å². The monoisotopic (exact) mass is 401 g/mol. The molecule has 0 saturated carbocycles. The fourth-order valence-electron chi connectivity index (χ4n) is 2.82. The molecule has 0 radical (unpaired) electrons. The van der Waals surface area contributed by atoms with Gasteiger partial charge in [0, 0.05) is 23.7 Å². The lowest BCUT2D eigenvalue weighted by atomic mass is 10.1. The van der Waals surface area contributed by atoms with Crippen LogP contribution in [0, 0.1) is 5.41 Å². The van der Waals surface area contributed by atoms with E-state index in [9.17, 15) is 18.0 Å². The Balaban J connectivity index is 1.84. The maximum atomic E-state index is 12.2. The Kier molecular flexibility index (Phi) is 5.67. The van der Waals surface area contributed by atoms with E-state index in [1.807, 2.05) is 41.8 Å². The van der Waals surface area contributed by atoms with E-state index in [4.69, 9.17) is 5.41 Å². The van der Waals surface area contributed by atoms with Crippen molar-refractivity contribution in [2.45, 2.75) is 13.1 Å². The van der Waals surface area contributed by atoms with Crippen LogP contribution in [0.5, 0.6) is 0 Å². The second-order valence-electron chi connectivity index (χ2n) is 6.18. The normalized spacial score (nSPS) is 12.1. The molecule has 0 fully saturated rings. The van der Waals surface area contributed by atoms with E-state index >= 15 is 0 Å². The van der Waals surface area contributed by atoms with Crippen molar-refractivity contribution in [1.29, 1.82) is 5.41 Å². The Labute approximate surface area is 164 Å². The van der Waals surface area contributed by atoms with Gasteiger partial charge in [0.1, 0.15) is 12.2 Å². The molecule has 2 aromatic heterocycles. The molecule has 0 aliphatic carbocycles.